The van der Waals surface area contributed by atoms with Gasteiger partial charge in [0, 0.05) is 21.0 Å². The molecule has 21 heavy (non-hydrogen) atoms. The Bertz CT molecular complexity index is 607. The lowest BCUT2D eigenvalue weighted by Crippen LogP contribution is -2.17. The average Bonchev–Trinajstić information content (AvgIpc) is 2.48. The predicted octanol–water partition coefficient (Wildman–Crippen LogP) is 5.94. The topological polar surface area (TPSA) is 17.1 Å². The van der Waals surface area contributed by atoms with Crippen molar-refractivity contribution in [3.05, 3.63) is 69.2 Å². The molecule has 2 aromatic carbocycles. The molecule has 110 valence electrons. The lowest BCUT2D eigenvalue weighted by Gasteiger charge is -2.15. The SMILES string of the molecule is CCCC(Cc1ccc(Br)cc1)C(=O)c1cccc(Cl)c1. The molecule has 0 spiro atoms. The maximum Gasteiger partial charge on any atom is 0.166 e. The van der Waals surface area contributed by atoms with Gasteiger partial charge in [-0.25, -0.2) is 0 Å². The Hall–Kier alpha value is -1.12. The quantitative estimate of drug-likeness (QED) is 0.579. The minimum atomic E-state index is 0.00893. The molecule has 0 aliphatic carbocycles. The summed E-state index contributed by atoms with van der Waals surface area (Å²) in [5.41, 5.74) is 1.89. The van der Waals surface area contributed by atoms with Crippen molar-refractivity contribution in [3.8, 4) is 0 Å². The largest absolute Gasteiger partial charge is 0.294 e. The molecular weight excluding hydrogens is 348 g/mol. The van der Waals surface area contributed by atoms with Crippen LogP contribution in [0.5, 0.6) is 0 Å². The van der Waals surface area contributed by atoms with Crippen molar-refractivity contribution < 1.29 is 4.79 Å². The lowest BCUT2D eigenvalue weighted by atomic mass is 9.88. The van der Waals surface area contributed by atoms with Crippen molar-refractivity contribution in [2.75, 3.05) is 0 Å². The second-order valence-electron chi connectivity index (χ2n) is 5.19. The maximum atomic E-state index is 12.7. The Labute approximate surface area is 139 Å². The molecule has 0 saturated heterocycles. The summed E-state index contributed by atoms with van der Waals surface area (Å²) in [6.07, 6.45) is 2.65. The van der Waals surface area contributed by atoms with Crippen LogP contribution in [0.1, 0.15) is 35.7 Å². The van der Waals surface area contributed by atoms with Gasteiger partial charge in [0.2, 0.25) is 0 Å². The van der Waals surface area contributed by atoms with Gasteiger partial charge in [-0.2, -0.15) is 0 Å². The van der Waals surface area contributed by atoms with Crippen molar-refractivity contribution in [2.45, 2.75) is 26.2 Å². The van der Waals surface area contributed by atoms with E-state index in [4.69, 9.17) is 11.6 Å². The van der Waals surface area contributed by atoms with Gasteiger partial charge >= 0.3 is 0 Å². The van der Waals surface area contributed by atoms with Crippen LogP contribution in [0.25, 0.3) is 0 Å². The Balaban J connectivity index is 2.18. The first-order valence-electron chi connectivity index (χ1n) is 7.14. The van der Waals surface area contributed by atoms with E-state index < -0.39 is 0 Å². The van der Waals surface area contributed by atoms with Gasteiger partial charge in [0.1, 0.15) is 0 Å². The molecule has 0 bridgehead atoms. The molecule has 2 aromatic rings. The third-order valence-corrected chi connectivity index (χ3v) is 4.28. The highest BCUT2D eigenvalue weighted by atomic mass is 79.9. The fourth-order valence-corrected chi connectivity index (χ4v) is 2.91. The van der Waals surface area contributed by atoms with Gasteiger partial charge in [0.15, 0.2) is 5.78 Å². The third kappa shape index (κ3) is 4.69. The Morgan fingerprint density at radius 2 is 1.90 bits per heavy atom. The molecule has 0 fully saturated rings. The first kappa shape index (κ1) is 16.3. The number of carbonyl (C=O) groups excluding carboxylic acids is 1. The zero-order valence-electron chi connectivity index (χ0n) is 12.0. The van der Waals surface area contributed by atoms with Crippen molar-refractivity contribution in [1.82, 2.24) is 0 Å². The predicted molar refractivity (Wildman–Crippen MR) is 92.0 cm³/mol. The average molecular weight is 366 g/mol. The van der Waals surface area contributed by atoms with Gasteiger partial charge in [-0.15, -0.1) is 0 Å². The first-order chi connectivity index (χ1) is 10.1. The van der Waals surface area contributed by atoms with E-state index in [1.54, 1.807) is 12.1 Å². The highest BCUT2D eigenvalue weighted by Gasteiger charge is 2.20. The normalized spacial score (nSPS) is 12.1. The smallest absolute Gasteiger partial charge is 0.166 e. The number of halogens is 2. The van der Waals surface area contributed by atoms with Gasteiger partial charge in [0.05, 0.1) is 0 Å². The molecular formula is C18H18BrClO. The van der Waals surface area contributed by atoms with Gasteiger partial charge in [0.25, 0.3) is 0 Å². The van der Waals surface area contributed by atoms with Gasteiger partial charge < -0.3 is 0 Å². The molecule has 0 radical (unpaired) electrons. The number of hydrogen-bond acceptors (Lipinski definition) is 1. The number of benzene rings is 2. The van der Waals surface area contributed by atoms with E-state index in [9.17, 15) is 4.79 Å². The minimum Gasteiger partial charge on any atom is -0.294 e. The van der Waals surface area contributed by atoms with E-state index in [-0.39, 0.29) is 11.7 Å². The maximum absolute atomic E-state index is 12.7. The number of ketones is 1. The van der Waals surface area contributed by atoms with E-state index >= 15 is 0 Å². The second kappa shape index (κ2) is 7.77. The number of rotatable bonds is 6. The fraction of sp³-hybridized carbons (Fsp3) is 0.278. The molecule has 2 rings (SSSR count). The van der Waals surface area contributed by atoms with E-state index in [2.05, 4.69) is 35.0 Å². The molecule has 0 aliphatic heterocycles. The van der Waals surface area contributed by atoms with E-state index in [0.29, 0.717) is 10.6 Å². The van der Waals surface area contributed by atoms with Crippen LogP contribution >= 0.6 is 27.5 Å². The fourth-order valence-electron chi connectivity index (χ4n) is 2.46. The molecule has 3 heteroatoms. The van der Waals surface area contributed by atoms with Crippen LogP contribution in [-0.2, 0) is 6.42 Å². The van der Waals surface area contributed by atoms with Crippen LogP contribution in [-0.4, -0.2) is 5.78 Å². The molecule has 1 atom stereocenters. The molecule has 1 nitrogen and oxygen atoms in total. The summed E-state index contributed by atoms with van der Waals surface area (Å²) >= 11 is 9.43. The van der Waals surface area contributed by atoms with E-state index in [1.807, 2.05) is 24.3 Å². The van der Waals surface area contributed by atoms with Crippen molar-refractivity contribution in [2.24, 2.45) is 5.92 Å². The monoisotopic (exact) mass is 364 g/mol. The van der Waals surface area contributed by atoms with Crippen LogP contribution in [0, 0.1) is 5.92 Å². The number of hydrogen-bond donors (Lipinski definition) is 0. The summed E-state index contributed by atoms with van der Waals surface area (Å²) < 4.78 is 1.06. The van der Waals surface area contributed by atoms with E-state index in [1.165, 1.54) is 5.56 Å². The number of carbonyl (C=O) groups is 1. The summed E-state index contributed by atoms with van der Waals surface area (Å²) in [6, 6.07) is 15.4. The third-order valence-electron chi connectivity index (χ3n) is 3.51. The summed E-state index contributed by atoms with van der Waals surface area (Å²) in [5, 5.41) is 0.611. The summed E-state index contributed by atoms with van der Waals surface area (Å²) in [7, 11) is 0. The molecule has 0 aliphatic rings. The number of Topliss-reactive ketones (excluding diaryl/α,β-unsaturated/α-hetero) is 1. The van der Waals surface area contributed by atoms with Crippen LogP contribution in [0.2, 0.25) is 5.02 Å². The van der Waals surface area contributed by atoms with Crippen LogP contribution in [0.15, 0.2) is 53.0 Å². The summed E-state index contributed by atoms with van der Waals surface area (Å²) in [5.74, 6) is 0.192. The highest BCUT2D eigenvalue weighted by molar-refractivity contribution is 9.10. The van der Waals surface area contributed by atoms with E-state index in [0.717, 1.165) is 23.7 Å². The van der Waals surface area contributed by atoms with Crippen molar-refractivity contribution in [1.29, 1.82) is 0 Å². The van der Waals surface area contributed by atoms with Gasteiger partial charge in [-0.3, -0.25) is 4.79 Å². The molecule has 1 unspecified atom stereocenters. The van der Waals surface area contributed by atoms with Gasteiger partial charge in [-0.05, 0) is 42.7 Å². The minimum absolute atomic E-state index is 0.00893. The Morgan fingerprint density at radius 3 is 2.52 bits per heavy atom. The zero-order chi connectivity index (χ0) is 15.2. The summed E-state index contributed by atoms with van der Waals surface area (Å²) in [4.78, 5) is 12.7. The molecule has 0 N–H and O–H groups in total. The highest BCUT2D eigenvalue weighted by Crippen LogP contribution is 2.22. The second-order valence-corrected chi connectivity index (χ2v) is 6.54. The molecule has 0 amide bonds. The van der Waals surface area contributed by atoms with Crippen LogP contribution in [0.3, 0.4) is 0 Å². The van der Waals surface area contributed by atoms with Crippen LogP contribution in [0.4, 0.5) is 0 Å². The molecule has 0 saturated carbocycles. The standard InChI is InChI=1S/C18H18BrClO/c1-2-4-14(11-13-7-9-16(19)10-8-13)18(21)15-5-3-6-17(20)12-15/h3,5-10,12,14H,2,4,11H2,1H3. The zero-order valence-corrected chi connectivity index (χ0v) is 14.3. The Kier molecular flexibility index (Phi) is 6.01. The van der Waals surface area contributed by atoms with Crippen molar-refractivity contribution >= 4 is 33.3 Å². The lowest BCUT2D eigenvalue weighted by molar-refractivity contribution is 0.0912. The summed E-state index contributed by atoms with van der Waals surface area (Å²) in [6.45, 7) is 2.11. The molecule has 0 aromatic heterocycles. The first-order valence-corrected chi connectivity index (χ1v) is 8.31. The Morgan fingerprint density at radius 1 is 1.19 bits per heavy atom. The van der Waals surface area contributed by atoms with Crippen molar-refractivity contribution in [3.63, 3.8) is 0 Å². The molecule has 0 heterocycles. The van der Waals surface area contributed by atoms with Gasteiger partial charge in [-0.1, -0.05) is 65.1 Å². The van der Waals surface area contributed by atoms with Crippen LogP contribution < -0.4 is 0 Å².